The Morgan fingerprint density at radius 3 is 3.00 bits per heavy atom. The molecule has 0 spiro atoms. The van der Waals surface area contributed by atoms with Gasteiger partial charge in [-0.15, -0.1) is 0 Å². The molecule has 1 amide bonds. The standard InChI is InChI=1S/C14H16ClN3O2/c1-9(16)14-18-12(8-20-14)13(19)17-6-5-10-3-2-4-11(15)7-10/h2-4,7-9H,5-6,16H2,1H3,(H,17,19). The molecular formula is C14H16ClN3O2. The largest absolute Gasteiger partial charge is 0.446 e. The molecule has 0 aliphatic carbocycles. The van der Waals surface area contributed by atoms with E-state index in [9.17, 15) is 4.79 Å². The van der Waals surface area contributed by atoms with Crippen molar-refractivity contribution in [2.75, 3.05) is 6.54 Å². The Labute approximate surface area is 122 Å². The first-order valence-corrected chi connectivity index (χ1v) is 6.67. The first kappa shape index (κ1) is 14.6. The number of amides is 1. The molecule has 0 bridgehead atoms. The minimum Gasteiger partial charge on any atom is -0.446 e. The zero-order valence-corrected chi connectivity index (χ0v) is 11.9. The van der Waals surface area contributed by atoms with Crippen molar-refractivity contribution in [3.8, 4) is 0 Å². The molecule has 1 aromatic carbocycles. The molecule has 0 aliphatic heterocycles. The second-order valence-corrected chi connectivity index (χ2v) is 4.93. The number of oxazole rings is 1. The zero-order chi connectivity index (χ0) is 14.5. The lowest BCUT2D eigenvalue weighted by Gasteiger charge is -2.03. The smallest absolute Gasteiger partial charge is 0.273 e. The van der Waals surface area contributed by atoms with E-state index in [0.717, 1.165) is 5.56 Å². The summed E-state index contributed by atoms with van der Waals surface area (Å²) in [6.45, 7) is 2.24. The average Bonchev–Trinajstić information content (AvgIpc) is 2.88. The SMILES string of the molecule is CC(N)c1nc(C(=O)NCCc2cccc(Cl)c2)co1. The number of rotatable bonds is 5. The molecule has 3 N–H and O–H groups in total. The van der Waals surface area contributed by atoms with Crippen molar-refractivity contribution in [3.05, 3.63) is 52.7 Å². The van der Waals surface area contributed by atoms with Gasteiger partial charge in [0.25, 0.3) is 5.91 Å². The summed E-state index contributed by atoms with van der Waals surface area (Å²) in [5, 5.41) is 3.46. The lowest BCUT2D eigenvalue weighted by molar-refractivity contribution is 0.0949. The van der Waals surface area contributed by atoms with Gasteiger partial charge >= 0.3 is 0 Å². The van der Waals surface area contributed by atoms with Crippen molar-refractivity contribution in [1.82, 2.24) is 10.3 Å². The lowest BCUT2D eigenvalue weighted by atomic mass is 10.1. The van der Waals surface area contributed by atoms with Crippen LogP contribution < -0.4 is 11.1 Å². The minimum atomic E-state index is -0.331. The van der Waals surface area contributed by atoms with E-state index in [-0.39, 0.29) is 17.6 Å². The summed E-state index contributed by atoms with van der Waals surface area (Å²) in [5.41, 5.74) is 6.92. The first-order chi connectivity index (χ1) is 9.56. The fraction of sp³-hybridized carbons (Fsp3) is 0.286. The van der Waals surface area contributed by atoms with E-state index in [2.05, 4.69) is 10.3 Å². The molecule has 0 radical (unpaired) electrons. The van der Waals surface area contributed by atoms with Gasteiger partial charge < -0.3 is 15.5 Å². The van der Waals surface area contributed by atoms with Crippen LogP contribution in [0.2, 0.25) is 5.02 Å². The van der Waals surface area contributed by atoms with Crippen molar-refractivity contribution < 1.29 is 9.21 Å². The van der Waals surface area contributed by atoms with E-state index in [1.807, 2.05) is 24.3 Å². The third kappa shape index (κ3) is 3.82. The fourth-order valence-corrected chi connectivity index (χ4v) is 1.92. The highest BCUT2D eigenvalue weighted by Crippen LogP contribution is 2.11. The number of aromatic nitrogens is 1. The monoisotopic (exact) mass is 293 g/mol. The normalized spacial score (nSPS) is 12.2. The summed E-state index contributed by atoms with van der Waals surface area (Å²) in [6.07, 6.45) is 2.01. The van der Waals surface area contributed by atoms with Crippen molar-refractivity contribution in [2.24, 2.45) is 5.73 Å². The van der Waals surface area contributed by atoms with Crippen LogP contribution in [0.25, 0.3) is 0 Å². The molecule has 0 aliphatic rings. The predicted octanol–water partition coefficient (Wildman–Crippen LogP) is 2.32. The number of carbonyl (C=O) groups is 1. The predicted molar refractivity (Wildman–Crippen MR) is 76.6 cm³/mol. The van der Waals surface area contributed by atoms with Crippen LogP contribution in [-0.2, 0) is 6.42 Å². The highest BCUT2D eigenvalue weighted by molar-refractivity contribution is 6.30. The lowest BCUT2D eigenvalue weighted by Crippen LogP contribution is -2.26. The number of carbonyl (C=O) groups excluding carboxylic acids is 1. The molecule has 2 rings (SSSR count). The molecule has 1 unspecified atom stereocenters. The van der Waals surface area contributed by atoms with E-state index in [1.54, 1.807) is 6.92 Å². The Morgan fingerprint density at radius 1 is 1.55 bits per heavy atom. The Morgan fingerprint density at radius 2 is 2.35 bits per heavy atom. The van der Waals surface area contributed by atoms with Gasteiger partial charge in [-0.3, -0.25) is 4.79 Å². The van der Waals surface area contributed by atoms with Gasteiger partial charge in [-0.05, 0) is 31.0 Å². The van der Waals surface area contributed by atoms with E-state index >= 15 is 0 Å². The molecule has 0 saturated carbocycles. The molecule has 1 heterocycles. The maximum absolute atomic E-state index is 11.8. The molecule has 5 nitrogen and oxygen atoms in total. The van der Waals surface area contributed by atoms with Gasteiger partial charge in [0.05, 0.1) is 6.04 Å². The summed E-state index contributed by atoms with van der Waals surface area (Å²) in [6, 6.07) is 7.20. The van der Waals surface area contributed by atoms with Crippen LogP contribution in [0, 0.1) is 0 Å². The Bertz CT molecular complexity index is 596. The number of hydrogen-bond acceptors (Lipinski definition) is 4. The quantitative estimate of drug-likeness (QED) is 0.886. The number of benzene rings is 1. The van der Waals surface area contributed by atoms with Crippen molar-refractivity contribution in [2.45, 2.75) is 19.4 Å². The van der Waals surface area contributed by atoms with Gasteiger partial charge in [-0.1, -0.05) is 23.7 Å². The number of halogens is 1. The molecule has 2 aromatic rings. The molecular weight excluding hydrogens is 278 g/mol. The molecule has 106 valence electrons. The highest BCUT2D eigenvalue weighted by atomic mass is 35.5. The summed E-state index contributed by atoms with van der Waals surface area (Å²) < 4.78 is 5.11. The maximum atomic E-state index is 11.8. The van der Waals surface area contributed by atoms with E-state index < -0.39 is 0 Å². The Balaban J connectivity index is 1.85. The van der Waals surface area contributed by atoms with Crippen molar-refractivity contribution >= 4 is 17.5 Å². The van der Waals surface area contributed by atoms with Crippen molar-refractivity contribution in [1.29, 1.82) is 0 Å². The number of nitrogens with one attached hydrogen (secondary N) is 1. The highest BCUT2D eigenvalue weighted by Gasteiger charge is 2.13. The van der Waals surface area contributed by atoms with Crippen LogP contribution in [0.15, 0.2) is 34.9 Å². The van der Waals surface area contributed by atoms with Crippen LogP contribution in [0.1, 0.15) is 34.9 Å². The third-order valence-electron chi connectivity index (χ3n) is 2.73. The van der Waals surface area contributed by atoms with Gasteiger partial charge in [0.2, 0.25) is 5.89 Å². The van der Waals surface area contributed by atoms with Gasteiger partial charge in [0, 0.05) is 11.6 Å². The van der Waals surface area contributed by atoms with Crippen LogP contribution in [0.4, 0.5) is 0 Å². The van der Waals surface area contributed by atoms with Crippen LogP contribution in [0.5, 0.6) is 0 Å². The van der Waals surface area contributed by atoms with Crippen LogP contribution in [-0.4, -0.2) is 17.4 Å². The van der Waals surface area contributed by atoms with Gasteiger partial charge in [0.1, 0.15) is 6.26 Å². The van der Waals surface area contributed by atoms with Crippen LogP contribution in [0.3, 0.4) is 0 Å². The molecule has 1 atom stereocenters. The molecule has 20 heavy (non-hydrogen) atoms. The Hall–Kier alpha value is -1.85. The topological polar surface area (TPSA) is 81.1 Å². The molecule has 0 saturated heterocycles. The van der Waals surface area contributed by atoms with Crippen molar-refractivity contribution in [3.63, 3.8) is 0 Å². The summed E-state index contributed by atoms with van der Waals surface area (Å²) in [4.78, 5) is 15.9. The van der Waals surface area contributed by atoms with E-state index in [0.29, 0.717) is 23.9 Å². The first-order valence-electron chi connectivity index (χ1n) is 6.30. The fourth-order valence-electron chi connectivity index (χ4n) is 1.70. The van der Waals surface area contributed by atoms with Crippen LogP contribution >= 0.6 is 11.6 Å². The average molecular weight is 294 g/mol. The molecule has 6 heteroatoms. The number of nitrogens with zero attached hydrogens (tertiary/aromatic N) is 1. The van der Waals surface area contributed by atoms with Gasteiger partial charge in [-0.2, -0.15) is 0 Å². The third-order valence-corrected chi connectivity index (χ3v) is 2.97. The zero-order valence-electron chi connectivity index (χ0n) is 11.1. The van der Waals surface area contributed by atoms with E-state index in [1.165, 1.54) is 6.26 Å². The second kappa shape index (κ2) is 6.54. The second-order valence-electron chi connectivity index (χ2n) is 4.50. The maximum Gasteiger partial charge on any atom is 0.273 e. The van der Waals surface area contributed by atoms with E-state index in [4.69, 9.17) is 21.8 Å². The Kier molecular flexibility index (Phi) is 4.76. The molecule has 0 fully saturated rings. The summed E-state index contributed by atoms with van der Waals surface area (Å²) in [7, 11) is 0. The summed E-state index contributed by atoms with van der Waals surface area (Å²) >= 11 is 5.89. The number of nitrogens with two attached hydrogens (primary N) is 1. The summed E-state index contributed by atoms with van der Waals surface area (Å²) in [5.74, 6) is 0.0765. The number of hydrogen-bond donors (Lipinski definition) is 2. The molecule has 1 aromatic heterocycles. The minimum absolute atomic E-state index is 0.239. The van der Waals surface area contributed by atoms with Gasteiger partial charge in [-0.25, -0.2) is 4.98 Å². The van der Waals surface area contributed by atoms with Gasteiger partial charge in [0.15, 0.2) is 5.69 Å².